The third kappa shape index (κ3) is 3.08. The Balaban J connectivity index is 3.36. The van der Waals surface area contributed by atoms with E-state index in [0.717, 1.165) is 18.2 Å². The highest BCUT2D eigenvalue weighted by Gasteiger charge is 2.17. The zero-order valence-corrected chi connectivity index (χ0v) is 9.93. The summed E-state index contributed by atoms with van der Waals surface area (Å²) in [6.07, 6.45) is 0. The summed E-state index contributed by atoms with van der Waals surface area (Å²) in [4.78, 5) is 22.6. The van der Waals surface area contributed by atoms with Crippen molar-refractivity contribution in [1.29, 1.82) is 0 Å². The van der Waals surface area contributed by atoms with Crippen molar-refractivity contribution >= 4 is 22.7 Å². The molecule has 1 aromatic carbocycles. The summed E-state index contributed by atoms with van der Waals surface area (Å²) >= 11 is -2.37. The fraction of sp³-hybridized carbons (Fsp3) is 0.222. The molecule has 7 nitrogen and oxygen atoms in total. The van der Waals surface area contributed by atoms with E-state index in [-0.39, 0.29) is 10.5 Å². The Bertz CT molecular complexity index is 468. The van der Waals surface area contributed by atoms with E-state index in [1.165, 1.54) is 19.0 Å². The normalized spacial score (nSPS) is 11.9. The molecule has 8 heteroatoms. The highest BCUT2D eigenvalue weighted by atomic mass is 32.2. The third-order valence-corrected chi connectivity index (χ3v) is 2.60. The maximum Gasteiger partial charge on any atom is 0.271 e. The number of carbonyl (C=O) groups is 1. The number of hydrogen-bond acceptors (Lipinski definition) is 4. The van der Waals surface area contributed by atoms with Crippen molar-refractivity contribution < 1.29 is 18.5 Å². The Morgan fingerprint density at radius 3 is 2.41 bits per heavy atom. The van der Waals surface area contributed by atoms with Gasteiger partial charge in [0.25, 0.3) is 11.6 Å². The summed E-state index contributed by atoms with van der Waals surface area (Å²) in [5.74, 6) is -0.472. The monoisotopic (exact) mass is 258 g/mol. The van der Waals surface area contributed by atoms with Crippen molar-refractivity contribution in [2.45, 2.75) is 4.90 Å². The first-order chi connectivity index (χ1) is 7.82. The van der Waals surface area contributed by atoms with Crippen molar-refractivity contribution in [2.24, 2.45) is 0 Å². The summed E-state index contributed by atoms with van der Waals surface area (Å²) in [5, 5.41) is 10.6. The minimum absolute atomic E-state index is 0.00148. The van der Waals surface area contributed by atoms with Crippen LogP contribution in [0, 0.1) is 10.1 Å². The number of amides is 1. The number of rotatable bonds is 3. The number of carbonyl (C=O) groups excluding carboxylic acids is 1. The van der Waals surface area contributed by atoms with Gasteiger partial charge >= 0.3 is 0 Å². The van der Waals surface area contributed by atoms with E-state index < -0.39 is 27.6 Å². The molecule has 1 atom stereocenters. The van der Waals surface area contributed by atoms with E-state index >= 15 is 0 Å². The van der Waals surface area contributed by atoms with E-state index in [9.17, 15) is 19.1 Å². The second-order valence-electron chi connectivity index (χ2n) is 3.42. The van der Waals surface area contributed by atoms with Crippen LogP contribution in [0.1, 0.15) is 10.4 Å². The van der Waals surface area contributed by atoms with E-state index in [2.05, 4.69) is 0 Å². The third-order valence-electron chi connectivity index (χ3n) is 1.96. The minimum Gasteiger partial charge on any atom is -0.345 e. The average molecular weight is 258 g/mol. The van der Waals surface area contributed by atoms with Gasteiger partial charge in [0.15, 0.2) is 11.1 Å². The number of nitro groups is 1. The molecule has 0 saturated heterocycles. The molecule has 0 fully saturated rings. The maximum atomic E-state index is 11.6. The molecule has 0 aliphatic carbocycles. The predicted molar refractivity (Wildman–Crippen MR) is 60.2 cm³/mol. The van der Waals surface area contributed by atoms with Crippen LogP contribution in [0.15, 0.2) is 23.1 Å². The topological polar surface area (TPSA) is 101 Å². The lowest BCUT2D eigenvalue weighted by Crippen LogP contribution is -2.21. The summed E-state index contributed by atoms with van der Waals surface area (Å²) in [6, 6.07) is 3.19. The van der Waals surface area contributed by atoms with Crippen LogP contribution in [0.5, 0.6) is 0 Å². The summed E-state index contributed by atoms with van der Waals surface area (Å²) in [5.41, 5.74) is -0.392. The highest BCUT2D eigenvalue weighted by molar-refractivity contribution is 7.79. The smallest absolute Gasteiger partial charge is 0.271 e. The number of benzene rings is 1. The van der Waals surface area contributed by atoms with Gasteiger partial charge in [-0.3, -0.25) is 14.9 Å². The lowest BCUT2D eigenvalue weighted by atomic mass is 10.2. The fourth-order valence-corrected chi connectivity index (χ4v) is 1.62. The molecule has 1 N–H and O–H groups in total. The Kier molecular flexibility index (Phi) is 3.92. The van der Waals surface area contributed by atoms with Crippen LogP contribution in [-0.2, 0) is 11.1 Å². The van der Waals surface area contributed by atoms with Crippen LogP contribution >= 0.6 is 0 Å². The molecule has 17 heavy (non-hydrogen) atoms. The lowest BCUT2D eigenvalue weighted by molar-refractivity contribution is -0.385. The molecule has 1 amide bonds. The average Bonchev–Trinajstić information content (AvgIpc) is 2.27. The van der Waals surface area contributed by atoms with Crippen LogP contribution < -0.4 is 0 Å². The Labute approximate surface area is 99.5 Å². The van der Waals surface area contributed by atoms with Crippen molar-refractivity contribution in [3.63, 3.8) is 0 Å². The zero-order chi connectivity index (χ0) is 13.2. The Hall–Kier alpha value is -1.80. The highest BCUT2D eigenvalue weighted by Crippen LogP contribution is 2.20. The molecule has 0 heterocycles. The van der Waals surface area contributed by atoms with Gasteiger partial charge in [0.2, 0.25) is 0 Å². The molecule has 1 aromatic rings. The number of non-ortho nitro benzene ring substituents is 1. The molecule has 92 valence electrons. The van der Waals surface area contributed by atoms with Gasteiger partial charge in [-0.15, -0.1) is 0 Å². The molecule has 0 aliphatic rings. The van der Waals surface area contributed by atoms with Crippen LogP contribution in [0.25, 0.3) is 0 Å². The zero-order valence-electron chi connectivity index (χ0n) is 9.11. The van der Waals surface area contributed by atoms with Crippen molar-refractivity contribution in [3.8, 4) is 0 Å². The fourth-order valence-electron chi connectivity index (χ4n) is 1.17. The van der Waals surface area contributed by atoms with E-state index in [1.807, 2.05) is 0 Å². The molecule has 0 aliphatic heterocycles. The largest absolute Gasteiger partial charge is 0.345 e. The first kappa shape index (κ1) is 13.3. The molecular formula is C9H10N2O5S. The van der Waals surface area contributed by atoms with Crippen LogP contribution in [0.3, 0.4) is 0 Å². The van der Waals surface area contributed by atoms with E-state index in [0.29, 0.717) is 0 Å². The van der Waals surface area contributed by atoms with Crippen molar-refractivity contribution in [1.82, 2.24) is 4.90 Å². The number of nitrogens with zero attached hydrogens (tertiary/aromatic N) is 2. The van der Waals surface area contributed by atoms with Gasteiger partial charge in [-0.1, -0.05) is 0 Å². The standard InChI is InChI=1S/C9H10N2O5S/c1-10(2)9(12)6-3-7(11(13)14)5-8(4-6)17(15)16/h3-5H,1-2H3,(H,15,16). The molecule has 1 rings (SSSR count). The summed E-state index contributed by atoms with van der Waals surface area (Å²) in [7, 11) is 2.97. The Morgan fingerprint density at radius 1 is 1.41 bits per heavy atom. The first-order valence-corrected chi connectivity index (χ1v) is 5.55. The van der Waals surface area contributed by atoms with Gasteiger partial charge in [0.05, 0.1) is 9.82 Å². The lowest BCUT2D eigenvalue weighted by Gasteiger charge is -2.10. The molecular weight excluding hydrogens is 248 g/mol. The number of nitro benzene ring substituents is 1. The molecule has 0 bridgehead atoms. The van der Waals surface area contributed by atoms with Crippen LogP contribution in [0.2, 0.25) is 0 Å². The van der Waals surface area contributed by atoms with Gasteiger partial charge in [-0.05, 0) is 6.07 Å². The second-order valence-corrected chi connectivity index (χ2v) is 4.39. The minimum atomic E-state index is -2.37. The molecule has 1 unspecified atom stereocenters. The van der Waals surface area contributed by atoms with Crippen LogP contribution in [-0.4, -0.2) is 38.6 Å². The van der Waals surface area contributed by atoms with Gasteiger partial charge in [0, 0.05) is 31.8 Å². The molecule has 0 spiro atoms. The maximum absolute atomic E-state index is 11.6. The van der Waals surface area contributed by atoms with Gasteiger partial charge in [-0.25, -0.2) is 4.21 Å². The quantitative estimate of drug-likeness (QED) is 0.492. The van der Waals surface area contributed by atoms with E-state index in [1.54, 1.807) is 0 Å². The van der Waals surface area contributed by atoms with Gasteiger partial charge < -0.3 is 9.45 Å². The molecule has 0 radical (unpaired) electrons. The second kappa shape index (κ2) is 5.02. The van der Waals surface area contributed by atoms with Gasteiger partial charge in [0.1, 0.15) is 0 Å². The Morgan fingerprint density at radius 2 is 2.00 bits per heavy atom. The molecule has 0 aromatic heterocycles. The van der Waals surface area contributed by atoms with Crippen molar-refractivity contribution in [3.05, 3.63) is 33.9 Å². The van der Waals surface area contributed by atoms with Crippen LogP contribution in [0.4, 0.5) is 5.69 Å². The first-order valence-electron chi connectivity index (χ1n) is 4.45. The van der Waals surface area contributed by atoms with Crippen molar-refractivity contribution in [2.75, 3.05) is 14.1 Å². The van der Waals surface area contributed by atoms with E-state index in [4.69, 9.17) is 4.55 Å². The predicted octanol–water partition coefficient (Wildman–Crippen LogP) is 0.877. The summed E-state index contributed by atoms with van der Waals surface area (Å²) < 4.78 is 19.8. The SMILES string of the molecule is CN(C)C(=O)c1cc([N+](=O)[O-])cc(S(=O)O)c1. The number of hydrogen-bond donors (Lipinski definition) is 1. The van der Waals surface area contributed by atoms with Gasteiger partial charge in [-0.2, -0.15) is 0 Å². The summed E-state index contributed by atoms with van der Waals surface area (Å²) in [6.45, 7) is 0. The molecule has 0 saturated carbocycles.